The summed E-state index contributed by atoms with van der Waals surface area (Å²) >= 11 is 12.3. The summed E-state index contributed by atoms with van der Waals surface area (Å²) in [5.74, 6) is -1.29. The lowest BCUT2D eigenvalue weighted by Gasteiger charge is -2.31. The van der Waals surface area contributed by atoms with Gasteiger partial charge in [0, 0.05) is 23.1 Å². The number of unbranched alkanes of at least 4 members (excludes halogenated alkanes) is 1. The van der Waals surface area contributed by atoms with Gasteiger partial charge in [-0.2, -0.15) is 0 Å². The molecule has 2 amide bonds. The standard InChI is InChI=1S/C23H27Cl2FN2O3/c1-3-5-12-27-23(30)20(4-2)28(14-16-10-11-17(24)13-18(16)25)22(29)15-31-21-9-7-6-8-19(21)26/h6-11,13,20H,3-5,12,14-15H2,1-2H3,(H,27,30)/t20-/m1/s1. The first-order valence-electron chi connectivity index (χ1n) is 10.3. The van der Waals surface area contributed by atoms with E-state index in [-0.39, 0.29) is 18.2 Å². The molecule has 5 nitrogen and oxygen atoms in total. The van der Waals surface area contributed by atoms with Gasteiger partial charge in [-0.1, -0.05) is 61.7 Å². The van der Waals surface area contributed by atoms with E-state index in [0.29, 0.717) is 28.6 Å². The zero-order valence-electron chi connectivity index (χ0n) is 17.7. The molecule has 0 aliphatic carbocycles. The van der Waals surface area contributed by atoms with Crippen molar-refractivity contribution in [2.24, 2.45) is 0 Å². The Balaban J connectivity index is 2.23. The monoisotopic (exact) mass is 468 g/mol. The van der Waals surface area contributed by atoms with Gasteiger partial charge in [-0.25, -0.2) is 4.39 Å². The highest BCUT2D eigenvalue weighted by Gasteiger charge is 2.29. The molecule has 0 spiro atoms. The molecule has 0 aliphatic rings. The molecule has 0 fully saturated rings. The van der Waals surface area contributed by atoms with Crippen LogP contribution in [0.5, 0.6) is 5.75 Å². The van der Waals surface area contributed by atoms with Crippen LogP contribution in [0.4, 0.5) is 4.39 Å². The lowest BCUT2D eigenvalue weighted by atomic mass is 10.1. The van der Waals surface area contributed by atoms with Crippen molar-refractivity contribution in [3.8, 4) is 5.75 Å². The summed E-state index contributed by atoms with van der Waals surface area (Å²) in [7, 11) is 0. The predicted molar refractivity (Wildman–Crippen MR) is 121 cm³/mol. The summed E-state index contributed by atoms with van der Waals surface area (Å²) in [5.41, 5.74) is 0.644. The highest BCUT2D eigenvalue weighted by atomic mass is 35.5. The van der Waals surface area contributed by atoms with Gasteiger partial charge in [0.1, 0.15) is 6.04 Å². The van der Waals surface area contributed by atoms with Crippen molar-refractivity contribution in [3.05, 3.63) is 63.9 Å². The molecule has 8 heteroatoms. The van der Waals surface area contributed by atoms with Crippen molar-refractivity contribution >= 4 is 35.0 Å². The van der Waals surface area contributed by atoms with Gasteiger partial charge in [0.15, 0.2) is 18.2 Å². The summed E-state index contributed by atoms with van der Waals surface area (Å²) < 4.78 is 19.2. The Morgan fingerprint density at radius 1 is 1.16 bits per heavy atom. The first kappa shape index (κ1) is 25.0. The van der Waals surface area contributed by atoms with Gasteiger partial charge < -0.3 is 15.0 Å². The van der Waals surface area contributed by atoms with Crippen molar-refractivity contribution in [1.82, 2.24) is 10.2 Å². The Kier molecular flexibility index (Phi) is 10.1. The van der Waals surface area contributed by atoms with Crippen LogP contribution in [-0.2, 0) is 16.1 Å². The van der Waals surface area contributed by atoms with E-state index in [2.05, 4.69) is 5.32 Å². The maximum absolute atomic E-state index is 13.9. The fourth-order valence-corrected chi connectivity index (χ4v) is 3.51. The van der Waals surface area contributed by atoms with Gasteiger partial charge in [-0.3, -0.25) is 9.59 Å². The van der Waals surface area contributed by atoms with Crippen molar-refractivity contribution in [1.29, 1.82) is 0 Å². The first-order chi connectivity index (χ1) is 14.9. The zero-order chi connectivity index (χ0) is 22.8. The molecule has 2 rings (SSSR count). The molecule has 1 N–H and O–H groups in total. The van der Waals surface area contributed by atoms with E-state index >= 15 is 0 Å². The molecule has 1 atom stereocenters. The highest BCUT2D eigenvalue weighted by Crippen LogP contribution is 2.24. The average molecular weight is 469 g/mol. The molecule has 0 unspecified atom stereocenters. The number of para-hydroxylation sites is 1. The van der Waals surface area contributed by atoms with Crippen LogP contribution in [0.25, 0.3) is 0 Å². The van der Waals surface area contributed by atoms with Gasteiger partial charge in [-0.15, -0.1) is 0 Å². The molecule has 2 aromatic carbocycles. The fourth-order valence-electron chi connectivity index (χ4n) is 3.04. The molecule has 2 aromatic rings. The fraction of sp³-hybridized carbons (Fsp3) is 0.391. The zero-order valence-corrected chi connectivity index (χ0v) is 19.2. The molecule has 0 radical (unpaired) electrons. The first-order valence-corrected chi connectivity index (χ1v) is 11.0. The molecule has 168 valence electrons. The van der Waals surface area contributed by atoms with E-state index in [0.717, 1.165) is 12.8 Å². The third kappa shape index (κ3) is 7.40. The predicted octanol–water partition coefficient (Wildman–Crippen LogP) is 5.24. The van der Waals surface area contributed by atoms with Crippen LogP contribution in [0.15, 0.2) is 42.5 Å². The number of rotatable bonds is 11. The summed E-state index contributed by atoms with van der Waals surface area (Å²) in [6.45, 7) is 4.06. The van der Waals surface area contributed by atoms with E-state index in [1.165, 1.54) is 23.1 Å². The topological polar surface area (TPSA) is 58.6 Å². The molecule has 0 heterocycles. The minimum absolute atomic E-state index is 0.0271. The maximum Gasteiger partial charge on any atom is 0.261 e. The molecule has 0 aromatic heterocycles. The average Bonchev–Trinajstić information content (AvgIpc) is 2.74. The van der Waals surface area contributed by atoms with Crippen LogP contribution in [0.1, 0.15) is 38.7 Å². The second-order valence-electron chi connectivity index (χ2n) is 7.05. The van der Waals surface area contributed by atoms with Crippen molar-refractivity contribution in [2.75, 3.05) is 13.2 Å². The van der Waals surface area contributed by atoms with Gasteiger partial charge in [0.25, 0.3) is 5.91 Å². The van der Waals surface area contributed by atoms with E-state index in [9.17, 15) is 14.0 Å². The summed E-state index contributed by atoms with van der Waals surface area (Å²) in [6, 6.07) is 10.1. The quantitative estimate of drug-likeness (QED) is 0.459. The summed E-state index contributed by atoms with van der Waals surface area (Å²) in [5, 5.41) is 3.74. The Hall–Kier alpha value is -2.31. The van der Waals surface area contributed by atoms with E-state index < -0.39 is 24.4 Å². The summed E-state index contributed by atoms with van der Waals surface area (Å²) in [6.07, 6.45) is 2.18. The summed E-state index contributed by atoms with van der Waals surface area (Å²) in [4.78, 5) is 27.3. The number of carbonyl (C=O) groups excluding carboxylic acids is 2. The minimum Gasteiger partial charge on any atom is -0.481 e. The van der Waals surface area contributed by atoms with Crippen LogP contribution < -0.4 is 10.1 Å². The molecule has 0 bridgehead atoms. The number of halogens is 3. The van der Waals surface area contributed by atoms with Gasteiger partial charge in [0.05, 0.1) is 0 Å². The molecule has 0 saturated heterocycles. The minimum atomic E-state index is -0.722. The van der Waals surface area contributed by atoms with Crippen molar-refractivity contribution < 1.29 is 18.7 Å². The lowest BCUT2D eigenvalue weighted by molar-refractivity contribution is -0.143. The SMILES string of the molecule is CCCCNC(=O)[C@@H](CC)N(Cc1ccc(Cl)cc1Cl)C(=O)COc1ccccc1F. The van der Waals surface area contributed by atoms with Crippen molar-refractivity contribution in [2.45, 2.75) is 45.7 Å². The number of amides is 2. The number of carbonyl (C=O) groups is 2. The van der Waals surface area contributed by atoms with E-state index in [1.807, 2.05) is 13.8 Å². The molecule has 0 aliphatic heterocycles. The van der Waals surface area contributed by atoms with Crippen LogP contribution in [-0.4, -0.2) is 35.9 Å². The van der Waals surface area contributed by atoms with Gasteiger partial charge >= 0.3 is 0 Å². The van der Waals surface area contributed by atoms with Crippen molar-refractivity contribution in [3.63, 3.8) is 0 Å². The van der Waals surface area contributed by atoms with Crippen LogP contribution in [0.3, 0.4) is 0 Å². The number of hydrogen-bond donors (Lipinski definition) is 1. The molecular formula is C23H27Cl2FN2O3. The second-order valence-corrected chi connectivity index (χ2v) is 7.89. The number of hydrogen-bond acceptors (Lipinski definition) is 3. The Morgan fingerprint density at radius 2 is 1.90 bits per heavy atom. The number of ether oxygens (including phenoxy) is 1. The molecule has 0 saturated carbocycles. The third-order valence-electron chi connectivity index (χ3n) is 4.76. The largest absolute Gasteiger partial charge is 0.481 e. The number of nitrogens with one attached hydrogen (secondary N) is 1. The number of benzene rings is 2. The highest BCUT2D eigenvalue weighted by molar-refractivity contribution is 6.35. The maximum atomic E-state index is 13.9. The lowest BCUT2D eigenvalue weighted by Crippen LogP contribution is -2.50. The van der Waals surface area contributed by atoms with E-state index in [1.54, 1.807) is 24.3 Å². The molecule has 31 heavy (non-hydrogen) atoms. The molecular weight excluding hydrogens is 442 g/mol. The Bertz CT molecular complexity index is 895. The second kappa shape index (κ2) is 12.5. The van der Waals surface area contributed by atoms with Gasteiger partial charge in [-0.05, 0) is 42.7 Å². The number of nitrogens with zero attached hydrogens (tertiary/aromatic N) is 1. The van der Waals surface area contributed by atoms with Crippen LogP contribution in [0, 0.1) is 5.82 Å². The van der Waals surface area contributed by atoms with Gasteiger partial charge in [0.2, 0.25) is 5.91 Å². The van der Waals surface area contributed by atoms with Crippen LogP contribution in [0.2, 0.25) is 10.0 Å². The Labute approximate surface area is 192 Å². The Morgan fingerprint density at radius 3 is 2.55 bits per heavy atom. The van der Waals surface area contributed by atoms with Crippen LogP contribution >= 0.6 is 23.2 Å². The smallest absolute Gasteiger partial charge is 0.261 e. The normalized spacial score (nSPS) is 11.6. The third-order valence-corrected chi connectivity index (χ3v) is 5.35. The van der Waals surface area contributed by atoms with E-state index in [4.69, 9.17) is 27.9 Å².